The summed E-state index contributed by atoms with van der Waals surface area (Å²) >= 11 is 12.4. The minimum Gasteiger partial charge on any atom is -0.493 e. The second-order valence-corrected chi connectivity index (χ2v) is 12.1. The smallest absolute Gasteiger partial charge is 0.424 e. The third kappa shape index (κ3) is 11.3. The van der Waals surface area contributed by atoms with E-state index in [0.717, 1.165) is 10.5 Å². The number of aryl methyl sites for hydroxylation is 1. The van der Waals surface area contributed by atoms with E-state index < -0.39 is 23.4 Å². The quantitative estimate of drug-likeness (QED) is 0.163. The zero-order valence-corrected chi connectivity index (χ0v) is 26.5. The van der Waals surface area contributed by atoms with Gasteiger partial charge in [-0.2, -0.15) is 4.90 Å². The first-order valence-electron chi connectivity index (χ1n) is 13.4. The molecule has 0 atom stereocenters. The Balaban J connectivity index is 2.52. The van der Waals surface area contributed by atoms with E-state index in [2.05, 4.69) is 5.32 Å². The predicted molar refractivity (Wildman–Crippen MR) is 161 cm³/mol. The molecule has 0 spiro atoms. The van der Waals surface area contributed by atoms with E-state index in [1.807, 2.05) is 0 Å². The molecule has 1 N–H and O–H groups in total. The zero-order valence-electron chi connectivity index (χ0n) is 25.0. The molecule has 2 aromatic rings. The normalized spacial score (nSPS) is 11.5. The lowest BCUT2D eigenvalue weighted by Crippen LogP contribution is -2.44. The van der Waals surface area contributed by atoms with Gasteiger partial charge in [0.05, 0.1) is 24.6 Å². The van der Waals surface area contributed by atoms with Crippen LogP contribution in [0, 0.1) is 6.92 Å². The Labute approximate surface area is 252 Å². The van der Waals surface area contributed by atoms with Crippen molar-refractivity contribution in [2.75, 3.05) is 23.4 Å². The Morgan fingerprint density at radius 1 is 0.927 bits per heavy atom. The summed E-state index contributed by atoms with van der Waals surface area (Å²) < 4.78 is 22.1. The maximum absolute atomic E-state index is 13.4. The first-order chi connectivity index (χ1) is 19.0. The van der Waals surface area contributed by atoms with Crippen molar-refractivity contribution in [1.29, 1.82) is 0 Å². The van der Waals surface area contributed by atoms with Crippen molar-refractivity contribution < 1.29 is 33.3 Å². The second-order valence-electron chi connectivity index (χ2n) is 11.3. The standard InChI is InChI=1S/C30H40Cl2N2O7/c1-9-38-25(35)11-10-14-39-22-15-19(2)26(24(17-22)33-18-20-12-13-21(31)16-23(20)32)34(27(36)40-29(3,4)5)28(37)41-30(6,7)8/h12-13,15-17,33H,9-11,14,18H2,1-8H3. The van der Waals surface area contributed by atoms with Crippen molar-refractivity contribution in [3.05, 3.63) is 51.5 Å². The summed E-state index contributed by atoms with van der Waals surface area (Å²) in [7, 11) is 0. The van der Waals surface area contributed by atoms with E-state index in [4.69, 9.17) is 42.1 Å². The van der Waals surface area contributed by atoms with Gasteiger partial charge in [0, 0.05) is 29.1 Å². The third-order valence-corrected chi connectivity index (χ3v) is 5.82. The molecule has 11 heteroatoms. The van der Waals surface area contributed by atoms with Crippen LogP contribution in [0.25, 0.3) is 0 Å². The lowest BCUT2D eigenvalue weighted by atomic mass is 10.1. The highest BCUT2D eigenvalue weighted by Gasteiger charge is 2.35. The average Bonchev–Trinajstić information content (AvgIpc) is 2.81. The third-order valence-electron chi connectivity index (χ3n) is 5.23. The molecule has 0 aliphatic rings. The summed E-state index contributed by atoms with van der Waals surface area (Å²) in [6.07, 6.45) is -1.13. The van der Waals surface area contributed by atoms with E-state index in [1.54, 1.807) is 85.7 Å². The van der Waals surface area contributed by atoms with Crippen molar-refractivity contribution in [3.8, 4) is 5.75 Å². The van der Waals surface area contributed by atoms with Crippen LogP contribution in [-0.2, 0) is 25.5 Å². The molecule has 0 aliphatic heterocycles. The van der Waals surface area contributed by atoms with Crippen LogP contribution in [0.15, 0.2) is 30.3 Å². The minimum absolute atomic E-state index is 0.218. The minimum atomic E-state index is -0.898. The number of nitrogens with one attached hydrogen (secondary N) is 1. The molecule has 0 saturated carbocycles. The Kier molecular flexibility index (Phi) is 12.2. The fourth-order valence-corrected chi connectivity index (χ4v) is 4.10. The number of nitrogens with zero attached hydrogens (tertiary/aromatic N) is 1. The van der Waals surface area contributed by atoms with Gasteiger partial charge in [-0.05, 0) is 91.1 Å². The SMILES string of the molecule is CCOC(=O)CCCOc1cc(C)c(N(C(=O)OC(C)(C)C)C(=O)OC(C)(C)C)c(NCc2ccc(Cl)cc2Cl)c1. The number of hydrogen-bond donors (Lipinski definition) is 1. The predicted octanol–water partition coefficient (Wildman–Crippen LogP) is 8.31. The van der Waals surface area contributed by atoms with Gasteiger partial charge in [0.1, 0.15) is 17.0 Å². The molecule has 2 amide bonds. The number of rotatable bonds is 10. The summed E-state index contributed by atoms with van der Waals surface area (Å²) in [6.45, 7) is 14.6. The number of carbonyl (C=O) groups excluding carboxylic acids is 3. The molecule has 0 aromatic heterocycles. The van der Waals surface area contributed by atoms with Crippen LogP contribution < -0.4 is 15.0 Å². The summed E-state index contributed by atoms with van der Waals surface area (Å²) in [4.78, 5) is 39.4. The van der Waals surface area contributed by atoms with Crippen molar-refractivity contribution in [2.45, 2.75) is 86.0 Å². The van der Waals surface area contributed by atoms with Crippen LogP contribution in [-0.4, -0.2) is 42.6 Å². The summed E-state index contributed by atoms with van der Waals surface area (Å²) in [5, 5.41) is 4.22. The van der Waals surface area contributed by atoms with Crippen molar-refractivity contribution in [2.24, 2.45) is 0 Å². The van der Waals surface area contributed by atoms with E-state index in [1.165, 1.54) is 0 Å². The molecule has 0 aliphatic carbocycles. The number of hydrogen-bond acceptors (Lipinski definition) is 8. The van der Waals surface area contributed by atoms with Crippen LogP contribution in [0.5, 0.6) is 5.75 Å². The largest absolute Gasteiger partial charge is 0.493 e. The van der Waals surface area contributed by atoms with Gasteiger partial charge in [-0.1, -0.05) is 29.3 Å². The molecule has 9 nitrogen and oxygen atoms in total. The maximum atomic E-state index is 13.4. The summed E-state index contributed by atoms with van der Waals surface area (Å²) in [6, 6.07) is 8.48. The van der Waals surface area contributed by atoms with Gasteiger partial charge >= 0.3 is 18.2 Å². The second kappa shape index (κ2) is 14.6. The molecule has 0 saturated heterocycles. The Morgan fingerprint density at radius 2 is 1.54 bits per heavy atom. The van der Waals surface area contributed by atoms with Gasteiger partial charge in [0.25, 0.3) is 0 Å². The first kappa shape index (κ1) is 34.0. The number of amides is 2. The molecule has 226 valence electrons. The zero-order chi connectivity index (χ0) is 31.0. The molecule has 0 unspecified atom stereocenters. The average molecular weight is 612 g/mol. The van der Waals surface area contributed by atoms with Gasteiger partial charge < -0.3 is 24.3 Å². The molecule has 0 bridgehead atoms. The van der Waals surface area contributed by atoms with E-state index in [9.17, 15) is 14.4 Å². The number of halogens is 2. The Bertz CT molecular complexity index is 1210. The highest BCUT2D eigenvalue weighted by Crippen LogP contribution is 2.37. The fraction of sp³-hybridized carbons (Fsp3) is 0.500. The number of anilines is 2. The van der Waals surface area contributed by atoms with E-state index >= 15 is 0 Å². The summed E-state index contributed by atoms with van der Waals surface area (Å²) in [5.74, 6) is 0.170. The Morgan fingerprint density at radius 3 is 2.07 bits per heavy atom. The Hall–Kier alpha value is -3.17. The lowest BCUT2D eigenvalue weighted by molar-refractivity contribution is -0.143. The monoisotopic (exact) mass is 610 g/mol. The number of carbonyl (C=O) groups is 3. The molecule has 41 heavy (non-hydrogen) atoms. The van der Waals surface area contributed by atoms with Crippen LogP contribution in [0.1, 0.15) is 72.4 Å². The van der Waals surface area contributed by atoms with E-state index in [-0.39, 0.29) is 31.2 Å². The maximum Gasteiger partial charge on any atom is 0.424 e. The van der Waals surface area contributed by atoms with Gasteiger partial charge in [0.2, 0.25) is 0 Å². The molecule has 2 rings (SSSR count). The number of esters is 1. The number of ether oxygens (including phenoxy) is 4. The lowest BCUT2D eigenvalue weighted by Gasteiger charge is -2.31. The highest BCUT2D eigenvalue weighted by atomic mass is 35.5. The molecule has 0 heterocycles. The number of imide groups is 1. The van der Waals surface area contributed by atoms with Crippen molar-refractivity contribution >= 4 is 52.7 Å². The van der Waals surface area contributed by atoms with Gasteiger partial charge in [-0.3, -0.25) is 4.79 Å². The van der Waals surface area contributed by atoms with Crippen LogP contribution >= 0.6 is 23.2 Å². The first-order valence-corrected chi connectivity index (χ1v) is 14.1. The topological polar surface area (TPSA) is 103 Å². The fourth-order valence-electron chi connectivity index (χ4n) is 3.63. The van der Waals surface area contributed by atoms with Crippen LogP contribution in [0.3, 0.4) is 0 Å². The molecule has 2 aromatic carbocycles. The molecular weight excluding hydrogens is 571 g/mol. The van der Waals surface area contributed by atoms with Crippen molar-refractivity contribution in [3.63, 3.8) is 0 Å². The van der Waals surface area contributed by atoms with E-state index in [0.29, 0.717) is 40.1 Å². The van der Waals surface area contributed by atoms with Crippen LogP contribution in [0.2, 0.25) is 10.0 Å². The number of benzene rings is 2. The molecular formula is C30H40Cl2N2O7. The molecule has 0 radical (unpaired) electrons. The van der Waals surface area contributed by atoms with Gasteiger partial charge in [0.15, 0.2) is 0 Å². The van der Waals surface area contributed by atoms with Crippen molar-refractivity contribution in [1.82, 2.24) is 0 Å². The highest BCUT2D eigenvalue weighted by molar-refractivity contribution is 6.35. The van der Waals surface area contributed by atoms with Crippen LogP contribution in [0.4, 0.5) is 21.0 Å². The van der Waals surface area contributed by atoms with Gasteiger partial charge in [-0.25, -0.2) is 9.59 Å². The molecule has 0 fully saturated rings. The van der Waals surface area contributed by atoms with Gasteiger partial charge in [-0.15, -0.1) is 0 Å². The summed E-state index contributed by atoms with van der Waals surface area (Å²) in [5.41, 5.74) is 0.149.